The molecule has 2 unspecified atom stereocenters. The van der Waals surface area contributed by atoms with E-state index in [1.165, 1.54) is 13.8 Å². The van der Waals surface area contributed by atoms with E-state index < -0.39 is 0 Å². The van der Waals surface area contributed by atoms with Crippen LogP contribution in [0.3, 0.4) is 0 Å². The standard InChI is InChI=1S/C24H32N2O4S/c1-17(27)25-21(13-19-5-9-23(29-3)10-6-19)15-31-16-22(26-18(2)28)14-20-7-11-24(30-4)12-8-20/h5-12,21-22H,13-16H2,1-4H3,(H,25,27)(H,26,28). The summed E-state index contributed by atoms with van der Waals surface area (Å²) in [6, 6.07) is 15.8. The zero-order chi connectivity index (χ0) is 22.6. The predicted octanol–water partition coefficient (Wildman–Crippen LogP) is 3.23. The Hall–Kier alpha value is -2.67. The molecule has 0 radical (unpaired) electrons. The molecule has 2 amide bonds. The number of carbonyl (C=O) groups is 2. The Morgan fingerprint density at radius 3 is 1.39 bits per heavy atom. The van der Waals surface area contributed by atoms with Gasteiger partial charge < -0.3 is 20.1 Å². The van der Waals surface area contributed by atoms with Crippen molar-refractivity contribution in [1.82, 2.24) is 10.6 Å². The summed E-state index contributed by atoms with van der Waals surface area (Å²) in [4.78, 5) is 23.3. The molecule has 0 saturated carbocycles. The van der Waals surface area contributed by atoms with Gasteiger partial charge in [-0.2, -0.15) is 11.8 Å². The van der Waals surface area contributed by atoms with Gasteiger partial charge in [-0.1, -0.05) is 24.3 Å². The number of hydrogen-bond donors (Lipinski definition) is 2. The predicted molar refractivity (Wildman–Crippen MR) is 126 cm³/mol. The molecule has 0 saturated heterocycles. The average molecular weight is 445 g/mol. The summed E-state index contributed by atoms with van der Waals surface area (Å²) in [6.07, 6.45) is 1.47. The Balaban J connectivity index is 1.94. The molecule has 2 rings (SSSR count). The molecule has 2 atom stereocenters. The Morgan fingerprint density at radius 2 is 1.10 bits per heavy atom. The molecule has 2 N–H and O–H groups in total. The summed E-state index contributed by atoms with van der Waals surface area (Å²) in [5, 5.41) is 6.08. The first kappa shape index (κ1) is 24.6. The van der Waals surface area contributed by atoms with E-state index in [0.717, 1.165) is 47.0 Å². The summed E-state index contributed by atoms with van der Waals surface area (Å²) in [6.45, 7) is 3.07. The fraction of sp³-hybridized carbons (Fsp3) is 0.417. The molecule has 0 aliphatic rings. The Bertz CT molecular complexity index is 755. The number of thioether (sulfide) groups is 1. The van der Waals surface area contributed by atoms with Crippen molar-refractivity contribution in [2.45, 2.75) is 38.8 Å². The lowest BCUT2D eigenvalue weighted by Crippen LogP contribution is -2.39. The van der Waals surface area contributed by atoms with Crippen molar-refractivity contribution in [2.24, 2.45) is 0 Å². The molecule has 0 aromatic heterocycles. The lowest BCUT2D eigenvalue weighted by atomic mass is 10.1. The highest BCUT2D eigenvalue weighted by atomic mass is 32.2. The second-order valence-electron chi connectivity index (χ2n) is 7.44. The van der Waals surface area contributed by atoms with E-state index in [4.69, 9.17) is 9.47 Å². The van der Waals surface area contributed by atoms with Crippen molar-refractivity contribution in [2.75, 3.05) is 25.7 Å². The van der Waals surface area contributed by atoms with Crippen LogP contribution >= 0.6 is 11.8 Å². The summed E-state index contributed by atoms with van der Waals surface area (Å²) in [5.41, 5.74) is 2.27. The molecule has 2 aromatic carbocycles. The van der Waals surface area contributed by atoms with Crippen LogP contribution in [0.15, 0.2) is 48.5 Å². The first-order chi connectivity index (χ1) is 14.9. The molecule has 0 spiro atoms. The van der Waals surface area contributed by atoms with Gasteiger partial charge >= 0.3 is 0 Å². The zero-order valence-electron chi connectivity index (χ0n) is 18.6. The number of ether oxygens (including phenoxy) is 2. The van der Waals surface area contributed by atoms with Crippen molar-refractivity contribution in [3.8, 4) is 11.5 Å². The number of benzene rings is 2. The quantitative estimate of drug-likeness (QED) is 0.526. The van der Waals surface area contributed by atoms with Crippen molar-refractivity contribution in [3.05, 3.63) is 59.7 Å². The van der Waals surface area contributed by atoms with E-state index in [-0.39, 0.29) is 23.9 Å². The van der Waals surface area contributed by atoms with Crippen LogP contribution in [0.4, 0.5) is 0 Å². The number of amides is 2. The number of methoxy groups -OCH3 is 2. The van der Waals surface area contributed by atoms with Gasteiger partial charge in [0.2, 0.25) is 11.8 Å². The van der Waals surface area contributed by atoms with Gasteiger partial charge in [0.15, 0.2) is 0 Å². The first-order valence-electron chi connectivity index (χ1n) is 10.3. The zero-order valence-corrected chi connectivity index (χ0v) is 19.5. The minimum Gasteiger partial charge on any atom is -0.497 e. The summed E-state index contributed by atoms with van der Waals surface area (Å²) < 4.78 is 10.4. The van der Waals surface area contributed by atoms with Crippen molar-refractivity contribution in [1.29, 1.82) is 0 Å². The third-order valence-electron chi connectivity index (χ3n) is 4.74. The van der Waals surface area contributed by atoms with Crippen LogP contribution < -0.4 is 20.1 Å². The maximum Gasteiger partial charge on any atom is 0.217 e. The van der Waals surface area contributed by atoms with Gasteiger partial charge in [-0.25, -0.2) is 0 Å². The molecule has 6 nitrogen and oxygen atoms in total. The fourth-order valence-electron chi connectivity index (χ4n) is 3.32. The van der Waals surface area contributed by atoms with Gasteiger partial charge in [-0.05, 0) is 48.2 Å². The van der Waals surface area contributed by atoms with Gasteiger partial charge in [0.1, 0.15) is 11.5 Å². The van der Waals surface area contributed by atoms with Crippen LogP contribution in [0, 0.1) is 0 Å². The second kappa shape index (κ2) is 12.9. The summed E-state index contributed by atoms with van der Waals surface area (Å²) in [7, 11) is 3.28. The summed E-state index contributed by atoms with van der Waals surface area (Å²) >= 11 is 1.73. The first-order valence-corrected chi connectivity index (χ1v) is 11.4. The van der Waals surface area contributed by atoms with Crippen molar-refractivity contribution >= 4 is 23.6 Å². The monoisotopic (exact) mass is 444 g/mol. The SMILES string of the molecule is COc1ccc(CC(CSCC(Cc2ccc(OC)cc2)NC(C)=O)NC(C)=O)cc1. The third-order valence-corrected chi connectivity index (χ3v) is 6.01. The molecule has 0 fully saturated rings. The van der Waals surface area contributed by atoms with Crippen molar-refractivity contribution < 1.29 is 19.1 Å². The topological polar surface area (TPSA) is 76.7 Å². The van der Waals surface area contributed by atoms with Gasteiger partial charge in [0.05, 0.1) is 14.2 Å². The lowest BCUT2D eigenvalue weighted by molar-refractivity contribution is -0.120. The van der Waals surface area contributed by atoms with Crippen LogP contribution in [-0.4, -0.2) is 49.6 Å². The van der Waals surface area contributed by atoms with Crippen LogP contribution in [0.25, 0.3) is 0 Å². The smallest absolute Gasteiger partial charge is 0.217 e. The Labute approximate surface area is 189 Å². The summed E-state index contributed by atoms with van der Waals surface area (Å²) in [5.74, 6) is 3.04. The minimum absolute atomic E-state index is 0.00913. The normalized spacial score (nSPS) is 12.5. The largest absolute Gasteiger partial charge is 0.497 e. The number of hydrogen-bond acceptors (Lipinski definition) is 5. The molecule has 31 heavy (non-hydrogen) atoms. The highest BCUT2D eigenvalue weighted by molar-refractivity contribution is 7.99. The van der Waals surface area contributed by atoms with Gasteiger partial charge in [0.25, 0.3) is 0 Å². The van der Waals surface area contributed by atoms with E-state index >= 15 is 0 Å². The number of carbonyl (C=O) groups excluding carboxylic acids is 2. The molecular formula is C24H32N2O4S. The average Bonchev–Trinajstić information content (AvgIpc) is 2.74. The second-order valence-corrected chi connectivity index (χ2v) is 8.51. The fourth-order valence-corrected chi connectivity index (χ4v) is 4.43. The van der Waals surface area contributed by atoms with E-state index in [0.29, 0.717) is 0 Å². The maximum atomic E-state index is 11.7. The van der Waals surface area contributed by atoms with Crippen LogP contribution in [0.1, 0.15) is 25.0 Å². The highest BCUT2D eigenvalue weighted by Crippen LogP contribution is 2.17. The molecule has 0 bridgehead atoms. The van der Waals surface area contributed by atoms with Crippen LogP contribution in [0.2, 0.25) is 0 Å². The van der Waals surface area contributed by atoms with Crippen LogP contribution in [0.5, 0.6) is 11.5 Å². The van der Waals surface area contributed by atoms with Gasteiger partial charge in [-0.3, -0.25) is 9.59 Å². The third kappa shape index (κ3) is 9.34. The number of nitrogens with one attached hydrogen (secondary N) is 2. The molecular weight excluding hydrogens is 412 g/mol. The number of rotatable bonds is 12. The molecule has 2 aromatic rings. The maximum absolute atomic E-state index is 11.7. The molecule has 0 aliphatic carbocycles. The van der Waals surface area contributed by atoms with E-state index in [1.807, 2.05) is 48.5 Å². The lowest BCUT2D eigenvalue weighted by Gasteiger charge is -2.21. The minimum atomic E-state index is -0.0456. The van der Waals surface area contributed by atoms with Gasteiger partial charge in [0, 0.05) is 37.4 Å². The van der Waals surface area contributed by atoms with E-state index in [1.54, 1.807) is 26.0 Å². The highest BCUT2D eigenvalue weighted by Gasteiger charge is 2.15. The molecule has 0 heterocycles. The van der Waals surface area contributed by atoms with E-state index in [2.05, 4.69) is 10.6 Å². The van der Waals surface area contributed by atoms with Gasteiger partial charge in [-0.15, -0.1) is 0 Å². The molecule has 0 aliphatic heterocycles. The Morgan fingerprint density at radius 1 is 0.742 bits per heavy atom. The van der Waals surface area contributed by atoms with Crippen LogP contribution in [-0.2, 0) is 22.4 Å². The van der Waals surface area contributed by atoms with E-state index in [9.17, 15) is 9.59 Å². The Kier molecular flexibility index (Phi) is 10.2. The molecule has 7 heteroatoms. The molecule has 168 valence electrons. The van der Waals surface area contributed by atoms with Crippen molar-refractivity contribution in [3.63, 3.8) is 0 Å².